The fourth-order valence-electron chi connectivity index (χ4n) is 4.56. The summed E-state index contributed by atoms with van der Waals surface area (Å²) in [4.78, 5) is 0. The Morgan fingerprint density at radius 3 is 1.75 bits per heavy atom. The lowest BCUT2D eigenvalue weighted by molar-refractivity contribution is 1.68. The second kappa shape index (κ2) is 6.29. The van der Waals surface area contributed by atoms with Gasteiger partial charge in [-0.15, -0.1) is 0 Å². The van der Waals surface area contributed by atoms with Crippen molar-refractivity contribution in [3.8, 4) is 0 Å². The lowest BCUT2D eigenvalue weighted by atomic mass is 9.89. The number of hydrogen-bond acceptors (Lipinski definition) is 0. The van der Waals surface area contributed by atoms with E-state index in [2.05, 4.69) is 130 Å². The van der Waals surface area contributed by atoms with Crippen molar-refractivity contribution in [1.82, 2.24) is 0 Å². The second-order valence-electron chi connectivity index (χ2n) is 7.20. The van der Waals surface area contributed by atoms with E-state index in [-0.39, 0.29) is 0 Å². The first kappa shape index (κ1) is 17.0. The molecule has 0 aliphatic heterocycles. The first-order valence-corrected chi connectivity index (χ1v) is 11.4. The molecule has 2 heteroatoms. The summed E-state index contributed by atoms with van der Waals surface area (Å²) in [5.41, 5.74) is 0. The topological polar surface area (TPSA) is 0 Å². The molecule has 0 amide bonds. The first-order valence-electron chi connectivity index (χ1n) is 9.26. The Morgan fingerprint density at radius 2 is 0.929 bits per heavy atom. The van der Waals surface area contributed by atoms with Gasteiger partial charge in [-0.05, 0) is 99.7 Å². The summed E-state index contributed by atoms with van der Waals surface area (Å²) < 4.78 is 2.65. The van der Waals surface area contributed by atoms with Crippen LogP contribution in [0.3, 0.4) is 0 Å². The maximum absolute atomic E-state index is 2.51. The highest BCUT2D eigenvalue weighted by atomic mass is 127. The second-order valence-corrected chi connectivity index (χ2v) is 9.44. The van der Waals surface area contributed by atoms with Crippen molar-refractivity contribution in [2.24, 2.45) is 0 Å². The van der Waals surface area contributed by atoms with Crippen LogP contribution in [0, 0.1) is 7.14 Å². The van der Waals surface area contributed by atoms with Crippen molar-refractivity contribution in [1.29, 1.82) is 0 Å². The summed E-state index contributed by atoms with van der Waals surface area (Å²) in [5.74, 6) is 0. The Morgan fingerprint density at radius 1 is 0.393 bits per heavy atom. The van der Waals surface area contributed by atoms with Gasteiger partial charge >= 0.3 is 0 Å². The molecule has 0 spiro atoms. The zero-order chi connectivity index (χ0) is 18.8. The largest absolute Gasteiger partial charge is 0.0616 e. The molecule has 0 unspecified atom stereocenters. The maximum atomic E-state index is 2.51. The lowest BCUT2D eigenvalue weighted by Gasteiger charge is -2.15. The molecule has 0 saturated carbocycles. The van der Waals surface area contributed by atoms with Crippen molar-refractivity contribution in [2.75, 3.05) is 0 Å². The molecule has 0 nitrogen and oxygen atoms in total. The molecule has 0 heterocycles. The lowest BCUT2D eigenvalue weighted by Crippen LogP contribution is -1.90. The van der Waals surface area contributed by atoms with Crippen LogP contribution in [0.5, 0.6) is 0 Å². The van der Waals surface area contributed by atoms with Crippen molar-refractivity contribution >= 4 is 99.0 Å². The number of halogens is 2. The van der Waals surface area contributed by atoms with Crippen LogP contribution in [0.25, 0.3) is 53.9 Å². The van der Waals surface area contributed by atoms with Crippen LogP contribution in [-0.4, -0.2) is 0 Å². The zero-order valence-corrected chi connectivity index (χ0v) is 19.2. The molecule has 132 valence electrons. The summed E-state index contributed by atoms with van der Waals surface area (Å²) in [5, 5.41) is 13.4. The summed E-state index contributed by atoms with van der Waals surface area (Å²) in [6, 6.07) is 31.2. The Balaban J connectivity index is 2.04. The van der Waals surface area contributed by atoms with Crippen LogP contribution >= 0.6 is 45.2 Å². The monoisotopic (exact) mass is 580 g/mol. The quantitative estimate of drug-likeness (QED) is 0.125. The number of rotatable bonds is 0. The van der Waals surface area contributed by atoms with Gasteiger partial charge in [0, 0.05) is 12.5 Å². The summed E-state index contributed by atoms with van der Waals surface area (Å²) in [6.45, 7) is 0. The van der Waals surface area contributed by atoms with E-state index < -0.39 is 0 Å². The number of fused-ring (bicyclic) bond motifs is 10. The zero-order valence-electron chi connectivity index (χ0n) is 14.8. The predicted octanol–water partition coefficient (Wildman–Crippen LogP) is 8.66. The Hall–Kier alpha value is -1.92. The Labute approximate surface area is 189 Å². The summed E-state index contributed by atoms with van der Waals surface area (Å²) in [7, 11) is 0. The van der Waals surface area contributed by atoms with Gasteiger partial charge in [0.25, 0.3) is 0 Å². The Bertz CT molecular complexity index is 1560. The number of benzene rings is 6. The van der Waals surface area contributed by atoms with Crippen LogP contribution in [-0.2, 0) is 0 Å². The SMILES string of the molecule is Ic1ccc2c3ccc4ccc5ccccc5c4c3c3ccccc3c2c1I. The highest BCUT2D eigenvalue weighted by molar-refractivity contribution is 14.1. The summed E-state index contributed by atoms with van der Waals surface area (Å²) in [6.07, 6.45) is 0. The van der Waals surface area contributed by atoms with E-state index >= 15 is 0 Å². The van der Waals surface area contributed by atoms with Gasteiger partial charge in [-0.25, -0.2) is 0 Å². The van der Waals surface area contributed by atoms with Gasteiger partial charge < -0.3 is 0 Å². The van der Waals surface area contributed by atoms with E-state index in [1.807, 2.05) is 0 Å². The molecule has 0 aliphatic rings. The van der Waals surface area contributed by atoms with Gasteiger partial charge in [0.15, 0.2) is 0 Å². The minimum atomic E-state index is 1.30. The van der Waals surface area contributed by atoms with Crippen LogP contribution in [0.4, 0.5) is 0 Å². The minimum Gasteiger partial charge on any atom is -0.0616 e. The molecule has 0 aromatic heterocycles. The van der Waals surface area contributed by atoms with E-state index in [0.29, 0.717) is 0 Å². The van der Waals surface area contributed by atoms with Crippen molar-refractivity contribution in [3.05, 3.63) is 92.1 Å². The van der Waals surface area contributed by atoms with Gasteiger partial charge in [-0.2, -0.15) is 0 Å². The van der Waals surface area contributed by atoms with Gasteiger partial charge in [0.1, 0.15) is 0 Å². The molecule has 28 heavy (non-hydrogen) atoms. The molecule has 6 aromatic carbocycles. The van der Waals surface area contributed by atoms with Crippen LogP contribution < -0.4 is 0 Å². The number of hydrogen-bond donors (Lipinski definition) is 0. The third-order valence-electron chi connectivity index (χ3n) is 5.76. The molecule has 0 radical (unpaired) electrons. The summed E-state index contributed by atoms with van der Waals surface area (Å²) >= 11 is 4.96. The normalized spacial score (nSPS) is 11.9. The molecule has 0 N–H and O–H groups in total. The van der Waals surface area contributed by atoms with E-state index in [1.54, 1.807) is 0 Å². The molecular formula is C26H14I2. The average Bonchev–Trinajstić information content (AvgIpc) is 2.75. The molecule has 6 rings (SSSR count). The first-order chi connectivity index (χ1) is 13.7. The maximum Gasteiger partial charge on any atom is 0.0348 e. The molecule has 0 atom stereocenters. The fourth-order valence-corrected chi connectivity index (χ4v) is 5.77. The van der Waals surface area contributed by atoms with Crippen molar-refractivity contribution in [3.63, 3.8) is 0 Å². The van der Waals surface area contributed by atoms with Crippen LogP contribution in [0.1, 0.15) is 0 Å². The van der Waals surface area contributed by atoms with Gasteiger partial charge in [0.2, 0.25) is 0 Å². The highest BCUT2D eigenvalue weighted by Gasteiger charge is 2.15. The van der Waals surface area contributed by atoms with Crippen LogP contribution in [0.2, 0.25) is 0 Å². The smallest absolute Gasteiger partial charge is 0.0348 e. The van der Waals surface area contributed by atoms with Crippen LogP contribution in [0.15, 0.2) is 84.9 Å². The van der Waals surface area contributed by atoms with Gasteiger partial charge in [-0.3, -0.25) is 0 Å². The van der Waals surface area contributed by atoms with E-state index in [9.17, 15) is 0 Å². The molecule has 0 fully saturated rings. The van der Waals surface area contributed by atoms with Crippen molar-refractivity contribution < 1.29 is 0 Å². The van der Waals surface area contributed by atoms with Gasteiger partial charge in [0.05, 0.1) is 0 Å². The third kappa shape index (κ3) is 2.28. The molecule has 0 aliphatic carbocycles. The van der Waals surface area contributed by atoms with E-state index in [1.165, 1.54) is 61.0 Å². The molecule has 0 bridgehead atoms. The highest BCUT2D eigenvalue weighted by Crippen LogP contribution is 2.42. The standard InChI is InChI=1S/C26H14I2/c27-22-14-13-21-20-12-11-16-10-9-15-5-1-2-6-17(15)23(16)24(20)18-7-3-4-8-19(18)25(21)26(22)28/h1-14H. The Kier molecular flexibility index (Phi) is 3.82. The predicted molar refractivity (Wildman–Crippen MR) is 139 cm³/mol. The molecular weight excluding hydrogens is 566 g/mol. The molecule has 6 aromatic rings. The minimum absolute atomic E-state index is 1.30. The van der Waals surface area contributed by atoms with Gasteiger partial charge in [-0.1, -0.05) is 78.9 Å². The molecule has 0 saturated heterocycles. The third-order valence-corrected chi connectivity index (χ3v) is 8.81. The van der Waals surface area contributed by atoms with E-state index in [4.69, 9.17) is 0 Å². The average molecular weight is 580 g/mol. The van der Waals surface area contributed by atoms with E-state index in [0.717, 1.165) is 0 Å². The van der Waals surface area contributed by atoms with Crippen molar-refractivity contribution in [2.45, 2.75) is 0 Å². The fraction of sp³-hybridized carbons (Fsp3) is 0.